The summed E-state index contributed by atoms with van der Waals surface area (Å²) in [4.78, 5) is 4.36. The fraction of sp³-hybridized carbons (Fsp3) is 0.417. The maximum absolute atomic E-state index is 12.9. The van der Waals surface area contributed by atoms with Crippen LogP contribution in [-0.2, 0) is 6.67 Å². The summed E-state index contributed by atoms with van der Waals surface area (Å²) in [6.45, 7) is 5.55. The predicted molar refractivity (Wildman–Crippen MR) is 67.4 cm³/mol. The van der Waals surface area contributed by atoms with Crippen LogP contribution in [0.5, 0.6) is 0 Å². The molecule has 0 unspecified atom stereocenters. The average Bonchev–Trinajstić information content (AvgIpc) is 2.56. The van der Waals surface area contributed by atoms with Crippen LogP contribution in [0.3, 0.4) is 0 Å². The predicted octanol–water partition coefficient (Wildman–Crippen LogP) is 4.16. The van der Waals surface area contributed by atoms with Gasteiger partial charge in [-0.2, -0.15) is 0 Å². The molecule has 0 saturated carbocycles. The molecule has 86 valence electrons. The van der Waals surface area contributed by atoms with Crippen molar-refractivity contribution in [3.05, 3.63) is 28.0 Å². The molecule has 2 aromatic rings. The fourth-order valence-corrected chi connectivity index (χ4v) is 2.60. The van der Waals surface area contributed by atoms with Crippen molar-refractivity contribution in [2.24, 2.45) is 0 Å². The van der Waals surface area contributed by atoms with Gasteiger partial charge in [0.2, 0.25) is 0 Å². The van der Waals surface area contributed by atoms with E-state index in [-0.39, 0.29) is 6.04 Å². The van der Waals surface area contributed by atoms with Crippen molar-refractivity contribution >= 4 is 27.0 Å². The van der Waals surface area contributed by atoms with Gasteiger partial charge in [0.1, 0.15) is 12.5 Å². The van der Waals surface area contributed by atoms with Crippen molar-refractivity contribution in [3.63, 3.8) is 0 Å². The summed E-state index contributed by atoms with van der Waals surface area (Å²) in [7, 11) is 0. The molecule has 2 rings (SSSR count). The molecular formula is C12H14BrFN2. The second-order valence-corrected chi connectivity index (χ2v) is 5.13. The molecule has 16 heavy (non-hydrogen) atoms. The molecule has 1 heterocycles. The van der Waals surface area contributed by atoms with E-state index >= 15 is 0 Å². The first kappa shape index (κ1) is 11.6. The number of aromatic nitrogens is 2. The van der Waals surface area contributed by atoms with Gasteiger partial charge in [-0.25, -0.2) is 9.37 Å². The van der Waals surface area contributed by atoms with Gasteiger partial charge >= 0.3 is 0 Å². The average molecular weight is 285 g/mol. The highest BCUT2D eigenvalue weighted by atomic mass is 79.9. The molecule has 1 aromatic heterocycles. The van der Waals surface area contributed by atoms with Gasteiger partial charge in [0.15, 0.2) is 0 Å². The maximum Gasteiger partial charge on any atom is 0.147 e. The molecule has 0 amide bonds. The van der Waals surface area contributed by atoms with Gasteiger partial charge < -0.3 is 4.57 Å². The lowest BCUT2D eigenvalue weighted by molar-refractivity contribution is 0.437. The van der Waals surface area contributed by atoms with Crippen LogP contribution in [-0.4, -0.2) is 9.55 Å². The lowest BCUT2D eigenvalue weighted by Gasteiger charge is -2.11. The first-order valence-corrected chi connectivity index (χ1v) is 6.06. The molecule has 2 nitrogen and oxygen atoms in total. The minimum atomic E-state index is -0.524. The van der Waals surface area contributed by atoms with E-state index < -0.39 is 6.67 Å². The molecule has 0 fully saturated rings. The third kappa shape index (κ3) is 1.75. The smallest absolute Gasteiger partial charge is 0.147 e. The third-order valence-electron chi connectivity index (χ3n) is 2.66. The quantitative estimate of drug-likeness (QED) is 0.810. The lowest BCUT2D eigenvalue weighted by Crippen LogP contribution is -2.04. The van der Waals surface area contributed by atoms with Crippen LogP contribution in [0.4, 0.5) is 4.39 Å². The monoisotopic (exact) mass is 284 g/mol. The molecule has 0 saturated heterocycles. The Morgan fingerprint density at radius 3 is 2.69 bits per heavy atom. The van der Waals surface area contributed by atoms with Crippen molar-refractivity contribution < 1.29 is 4.39 Å². The van der Waals surface area contributed by atoms with Crippen LogP contribution in [0.25, 0.3) is 11.0 Å². The van der Waals surface area contributed by atoms with Crippen molar-refractivity contribution in [3.8, 4) is 0 Å². The molecular weight excluding hydrogens is 271 g/mol. The van der Waals surface area contributed by atoms with Crippen LogP contribution in [0.1, 0.15) is 31.3 Å². The van der Waals surface area contributed by atoms with Crippen LogP contribution in [0.2, 0.25) is 0 Å². The first-order chi connectivity index (χ1) is 7.54. The Morgan fingerprint density at radius 2 is 2.12 bits per heavy atom. The first-order valence-electron chi connectivity index (χ1n) is 5.27. The highest BCUT2D eigenvalue weighted by Gasteiger charge is 2.14. The van der Waals surface area contributed by atoms with E-state index in [0.29, 0.717) is 5.82 Å². The molecule has 1 aromatic carbocycles. The zero-order valence-corrected chi connectivity index (χ0v) is 11.2. The number of aryl methyl sites for hydroxylation is 1. The summed E-state index contributed by atoms with van der Waals surface area (Å²) in [6, 6.07) is 4.21. The highest BCUT2D eigenvalue weighted by molar-refractivity contribution is 9.10. The van der Waals surface area contributed by atoms with Crippen LogP contribution in [0.15, 0.2) is 16.6 Å². The van der Waals surface area contributed by atoms with E-state index in [4.69, 9.17) is 0 Å². The largest absolute Gasteiger partial charge is 0.323 e. The number of imidazole rings is 1. The van der Waals surface area contributed by atoms with Crippen LogP contribution < -0.4 is 0 Å². The van der Waals surface area contributed by atoms with Crippen LogP contribution >= 0.6 is 15.9 Å². The molecule has 0 aliphatic heterocycles. The number of alkyl halides is 1. The van der Waals surface area contributed by atoms with Gasteiger partial charge in [-0.15, -0.1) is 0 Å². The van der Waals surface area contributed by atoms with Gasteiger partial charge in [-0.05, 0) is 38.5 Å². The Balaban J connectivity index is 2.84. The molecule has 0 bridgehead atoms. The number of benzene rings is 1. The van der Waals surface area contributed by atoms with Gasteiger partial charge in [0, 0.05) is 10.5 Å². The Hall–Kier alpha value is -0.900. The standard InChI is InChI=1S/C12H14BrFN2/c1-7(2)16-10-5-9(13)4-8(3)12(10)15-11(16)6-14/h4-5,7H,6H2,1-3H3. The second-order valence-electron chi connectivity index (χ2n) is 4.22. The van der Waals surface area contributed by atoms with E-state index in [1.807, 2.05) is 37.5 Å². The summed E-state index contributed by atoms with van der Waals surface area (Å²) < 4.78 is 15.9. The molecule has 0 spiro atoms. The van der Waals surface area contributed by atoms with Crippen molar-refractivity contribution in [2.45, 2.75) is 33.5 Å². The molecule has 0 radical (unpaired) electrons. The zero-order chi connectivity index (χ0) is 11.9. The van der Waals surface area contributed by atoms with E-state index in [0.717, 1.165) is 21.1 Å². The van der Waals surface area contributed by atoms with E-state index in [2.05, 4.69) is 20.9 Å². The minimum Gasteiger partial charge on any atom is -0.323 e. The summed E-state index contributed by atoms with van der Waals surface area (Å²) >= 11 is 3.46. The number of rotatable bonds is 2. The Bertz CT molecular complexity index is 531. The normalized spacial score (nSPS) is 11.6. The Labute approximate surface area is 103 Å². The SMILES string of the molecule is Cc1cc(Br)cc2c1nc(CF)n2C(C)C. The van der Waals surface area contributed by atoms with Gasteiger partial charge in [0.25, 0.3) is 0 Å². The Kier molecular flexibility index (Phi) is 3.02. The van der Waals surface area contributed by atoms with Crippen molar-refractivity contribution in [1.82, 2.24) is 9.55 Å². The maximum atomic E-state index is 12.9. The number of hydrogen-bond donors (Lipinski definition) is 0. The lowest BCUT2D eigenvalue weighted by atomic mass is 10.2. The van der Waals surface area contributed by atoms with Gasteiger partial charge in [-0.1, -0.05) is 15.9 Å². The second kappa shape index (κ2) is 4.17. The fourth-order valence-electron chi connectivity index (χ4n) is 2.04. The molecule has 0 aliphatic rings. The van der Waals surface area contributed by atoms with E-state index in [1.54, 1.807) is 0 Å². The molecule has 0 atom stereocenters. The summed E-state index contributed by atoms with van der Waals surface area (Å²) in [5, 5.41) is 0. The molecule has 0 aliphatic carbocycles. The van der Waals surface area contributed by atoms with Crippen molar-refractivity contribution in [2.75, 3.05) is 0 Å². The highest BCUT2D eigenvalue weighted by Crippen LogP contribution is 2.27. The number of hydrogen-bond acceptors (Lipinski definition) is 1. The summed E-state index contributed by atoms with van der Waals surface area (Å²) in [6.07, 6.45) is 0. The van der Waals surface area contributed by atoms with E-state index in [1.165, 1.54) is 0 Å². The zero-order valence-electron chi connectivity index (χ0n) is 9.59. The topological polar surface area (TPSA) is 17.8 Å². The van der Waals surface area contributed by atoms with Gasteiger partial charge in [0.05, 0.1) is 11.0 Å². The minimum absolute atomic E-state index is 0.212. The van der Waals surface area contributed by atoms with E-state index in [9.17, 15) is 4.39 Å². The Morgan fingerprint density at radius 1 is 1.44 bits per heavy atom. The van der Waals surface area contributed by atoms with Crippen LogP contribution in [0, 0.1) is 6.92 Å². The van der Waals surface area contributed by atoms with Crippen molar-refractivity contribution in [1.29, 1.82) is 0 Å². The molecule has 0 N–H and O–H groups in total. The molecule has 4 heteroatoms. The third-order valence-corrected chi connectivity index (χ3v) is 3.12. The number of fused-ring (bicyclic) bond motifs is 1. The number of halogens is 2. The summed E-state index contributed by atoms with van der Waals surface area (Å²) in [5.74, 6) is 0.506. The van der Waals surface area contributed by atoms with Gasteiger partial charge in [-0.3, -0.25) is 0 Å². The summed E-state index contributed by atoms with van der Waals surface area (Å²) in [5.41, 5.74) is 2.96. The number of nitrogens with zero attached hydrogens (tertiary/aromatic N) is 2.